The van der Waals surface area contributed by atoms with Gasteiger partial charge in [0.2, 0.25) is 0 Å². The predicted octanol–water partition coefficient (Wildman–Crippen LogP) is 6.11. The van der Waals surface area contributed by atoms with E-state index in [1.165, 1.54) is 16.5 Å². The summed E-state index contributed by atoms with van der Waals surface area (Å²) < 4.78 is 0. The highest BCUT2D eigenvalue weighted by molar-refractivity contribution is 5.78. The van der Waals surface area contributed by atoms with Crippen molar-refractivity contribution in [3.8, 4) is 0 Å². The van der Waals surface area contributed by atoms with Crippen LogP contribution in [0.3, 0.4) is 0 Å². The Labute approximate surface area is 155 Å². The van der Waals surface area contributed by atoms with E-state index in [1.54, 1.807) is 12.4 Å². The minimum Gasteiger partial charge on any atom is -0.256 e. The molecule has 0 bridgehead atoms. The van der Waals surface area contributed by atoms with Gasteiger partial charge in [-0.3, -0.25) is 15.0 Å². The third kappa shape index (κ3) is 4.23. The van der Waals surface area contributed by atoms with E-state index in [1.807, 2.05) is 30.5 Å². The number of nitrogens with zero attached hydrogens (tertiary/aromatic N) is 3. The van der Waals surface area contributed by atoms with Crippen molar-refractivity contribution in [2.75, 3.05) is 0 Å². The summed E-state index contributed by atoms with van der Waals surface area (Å²) in [4.78, 5) is 12.9. The number of hydrogen-bond acceptors (Lipinski definition) is 3. The lowest BCUT2D eigenvalue weighted by Crippen LogP contribution is -1.89. The Hall–Kier alpha value is -2.81. The average molecular weight is 343 g/mol. The minimum atomic E-state index is 0.548. The highest BCUT2D eigenvalue weighted by atomic mass is 14.8. The first kappa shape index (κ1) is 18.0. The first-order valence-corrected chi connectivity index (χ1v) is 9.10. The van der Waals surface area contributed by atoms with E-state index in [0.717, 1.165) is 16.6 Å². The van der Waals surface area contributed by atoms with Gasteiger partial charge in [-0.25, -0.2) is 0 Å². The highest BCUT2D eigenvalue weighted by Gasteiger charge is 2.01. The molecule has 0 amide bonds. The predicted molar refractivity (Wildman–Crippen MR) is 109 cm³/mol. The lowest BCUT2D eigenvalue weighted by molar-refractivity contribution is 0.862. The van der Waals surface area contributed by atoms with Gasteiger partial charge in [0.15, 0.2) is 0 Å². The molecule has 2 aromatic heterocycles. The first-order chi connectivity index (χ1) is 12.5. The average Bonchev–Trinajstić information content (AvgIpc) is 2.67. The number of fused-ring (bicyclic) bond motifs is 2. The molecule has 3 nitrogen and oxygen atoms in total. The minimum absolute atomic E-state index is 0.548. The lowest BCUT2D eigenvalue weighted by atomic mass is 10.0. The molecule has 4 rings (SSSR count). The van der Waals surface area contributed by atoms with Crippen LogP contribution in [0, 0.1) is 0 Å². The maximum Gasteiger partial charge on any atom is 0.0889 e. The van der Waals surface area contributed by atoms with E-state index in [2.05, 4.69) is 66.9 Å². The van der Waals surface area contributed by atoms with Crippen LogP contribution in [-0.2, 0) is 0 Å². The molecular weight excluding hydrogens is 318 g/mol. The molecule has 0 unspecified atom stereocenters. The summed E-state index contributed by atoms with van der Waals surface area (Å²) >= 11 is 0. The van der Waals surface area contributed by atoms with Gasteiger partial charge < -0.3 is 0 Å². The Morgan fingerprint density at radius 2 is 1.31 bits per heavy atom. The van der Waals surface area contributed by atoms with Crippen molar-refractivity contribution in [1.29, 1.82) is 0 Å². The first-order valence-electron chi connectivity index (χ1n) is 9.10. The van der Waals surface area contributed by atoms with Crippen molar-refractivity contribution in [2.24, 2.45) is 0 Å². The Bertz CT molecular complexity index is 923. The Balaban J connectivity index is 0.000000151. The molecule has 0 fully saturated rings. The monoisotopic (exact) mass is 343 g/mol. The van der Waals surface area contributed by atoms with Gasteiger partial charge in [0, 0.05) is 24.0 Å². The van der Waals surface area contributed by atoms with Crippen LogP contribution in [-0.4, -0.2) is 15.0 Å². The van der Waals surface area contributed by atoms with Crippen LogP contribution in [0.2, 0.25) is 0 Å². The molecule has 0 saturated carbocycles. The van der Waals surface area contributed by atoms with Crippen molar-refractivity contribution in [2.45, 2.75) is 39.5 Å². The van der Waals surface area contributed by atoms with Gasteiger partial charge in [0.1, 0.15) is 0 Å². The molecule has 0 aliphatic rings. The Morgan fingerprint density at radius 1 is 0.615 bits per heavy atom. The van der Waals surface area contributed by atoms with Crippen LogP contribution in [0.1, 0.15) is 50.7 Å². The number of benzene rings is 2. The SMILES string of the molecule is CC(C)c1ccc2nccnc2c1.CC(C)c1cnc2ccccc2c1. The van der Waals surface area contributed by atoms with E-state index in [0.29, 0.717) is 11.8 Å². The maximum absolute atomic E-state index is 4.40. The molecule has 0 aliphatic carbocycles. The summed E-state index contributed by atoms with van der Waals surface area (Å²) in [5.41, 5.74) is 5.64. The van der Waals surface area contributed by atoms with Gasteiger partial charge in [0.05, 0.1) is 16.6 Å². The molecule has 132 valence electrons. The van der Waals surface area contributed by atoms with Crippen LogP contribution >= 0.6 is 0 Å². The molecule has 0 aliphatic heterocycles. The zero-order chi connectivity index (χ0) is 18.5. The smallest absolute Gasteiger partial charge is 0.0889 e. The van der Waals surface area contributed by atoms with Gasteiger partial charge >= 0.3 is 0 Å². The molecule has 4 aromatic rings. The molecule has 0 N–H and O–H groups in total. The van der Waals surface area contributed by atoms with Crippen LogP contribution in [0.5, 0.6) is 0 Å². The van der Waals surface area contributed by atoms with Gasteiger partial charge in [-0.1, -0.05) is 52.0 Å². The summed E-state index contributed by atoms with van der Waals surface area (Å²) in [6, 6.07) is 16.7. The fourth-order valence-corrected chi connectivity index (χ4v) is 2.74. The second kappa shape index (κ2) is 8.05. The Kier molecular flexibility index (Phi) is 5.57. The Morgan fingerprint density at radius 3 is 2.04 bits per heavy atom. The molecule has 0 radical (unpaired) electrons. The molecule has 0 atom stereocenters. The zero-order valence-corrected chi connectivity index (χ0v) is 15.8. The summed E-state index contributed by atoms with van der Waals surface area (Å²) in [7, 11) is 0. The normalized spacial score (nSPS) is 11.0. The molecule has 3 heteroatoms. The van der Waals surface area contributed by atoms with E-state index in [-0.39, 0.29) is 0 Å². The number of hydrogen-bond donors (Lipinski definition) is 0. The molecule has 2 aromatic carbocycles. The second-order valence-corrected chi connectivity index (χ2v) is 7.08. The van der Waals surface area contributed by atoms with Crippen molar-refractivity contribution in [3.05, 3.63) is 78.2 Å². The lowest BCUT2D eigenvalue weighted by Gasteiger charge is -2.05. The number of pyridine rings is 1. The number of aromatic nitrogens is 3. The summed E-state index contributed by atoms with van der Waals surface area (Å²) in [6.07, 6.45) is 5.41. The molecular formula is C23H25N3. The number of para-hydroxylation sites is 1. The summed E-state index contributed by atoms with van der Waals surface area (Å²) in [6.45, 7) is 8.73. The topological polar surface area (TPSA) is 38.7 Å². The van der Waals surface area contributed by atoms with E-state index in [4.69, 9.17) is 0 Å². The van der Waals surface area contributed by atoms with Crippen molar-refractivity contribution >= 4 is 21.9 Å². The van der Waals surface area contributed by atoms with Crippen molar-refractivity contribution < 1.29 is 0 Å². The fourth-order valence-electron chi connectivity index (χ4n) is 2.74. The molecule has 2 heterocycles. The van der Waals surface area contributed by atoms with Crippen LogP contribution in [0.15, 0.2) is 67.1 Å². The second-order valence-electron chi connectivity index (χ2n) is 7.08. The van der Waals surface area contributed by atoms with Gasteiger partial charge in [0.25, 0.3) is 0 Å². The third-order valence-electron chi connectivity index (χ3n) is 4.44. The van der Waals surface area contributed by atoms with Gasteiger partial charge in [-0.15, -0.1) is 0 Å². The van der Waals surface area contributed by atoms with Gasteiger partial charge in [-0.2, -0.15) is 0 Å². The summed E-state index contributed by atoms with van der Waals surface area (Å²) in [5.74, 6) is 1.10. The van der Waals surface area contributed by atoms with E-state index < -0.39 is 0 Å². The summed E-state index contributed by atoms with van der Waals surface area (Å²) in [5, 5.41) is 1.23. The third-order valence-corrected chi connectivity index (χ3v) is 4.44. The van der Waals surface area contributed by atoms with Crippen LogP contribution < -0.4 is 0 Å². The van der Waals surface area contributed by atoms with E-state index in [9.17, 15) is 0 Å². The molecule has 0 spiro atoms. The maximum atomic E-state index is 4.40. The number of rotatable bonds is 2. The van der Waals surface area contributed by atoms with E-state index >= 15 is 0 Å². The van der Waals surface area contributed by atoms with Crippen LogP contribution in [0.4, 0.5) is 0 Å². The fraction of sp³-hybridized carbons (Fsp3) is 0.261. The van der Waals surface area contributed by atoms with Crippen molar-refractivity contribution in [1.82, 2.24) is 15.0 Å². The molecule has 26 heavy (non-hydrogen) atoms. The van der Waals surface area contributed by atoms with Gasteiger partial charge in [-0.05, 0) is 47.2 Å². The standard InChI is InChI=1S/C12H13N.C11H12N2/c1-9(2)11-7-10-5-3-4-6-12(10)13-8-11;1-8(2)9-3-4-10-11(7-9)13-6-5-12-10/h3-9H,1-2H3;3-8H,1-2H3. The molecule has 0 saturated heterocycles. The largest absolute Gasteiger partial charge is 0.256 e. The van der Waals surface area contributed by atoms with Crippen LogP contribution in [0.25, 0.3) is 21.9 Å². The zero-order valence-electron chi connectivity index (χ0n) is 15.8. The highest BCUT2D eigenvalue weighted by Crippen LogP contribution is 2.19. The van der Waals surface area contributed by atoms with Crippen molar-refractivity contribution in [3.63, 3.8) is 0 Å². The quantitative estimate of drug-likeness (QED) is 0.440.